The van der Waals surface area contributed by atoms with E-state index in [0.29, 0.717) is 12.0 Å². The van der Waals surface area contributed by atoms with Crippen LogP contribution in [0.15, 0.2) is 60.3 Å². The Balaban J connectivity index is 1.61. The lowest BCUT2D eigenvalue weighted by atomic mass is 9.87. The summed E-state index contributed by atoms with van der Waals surface area (Å²) in [5, 5.41) is 6.92. The van der Waals surface area contributed by atoms with E-state index in [1.54, 1.807) is 0 Å². The number of nitrogens with zero attached hydrogens (tertiary/aromatic N) is 2. The quantitative estimate of drug-likeness (QED) is 0.782. The monoisotopic (exact) mass is 392 g/mol. The van der Waals surface area contributed by atoms with Crippen LogP contribution in [0.5, 0.6) is 0 Å². The van der Waals surface area contributed by atoms with Crippen LogP contribution in [0.25, 0.3) is 0 Å². The molecule has 1 amide bonds. The van der Waals surface area contributed by atoms with Gasteiger partial charge < -0.3 is 15.5 Å². The number of nitrogens with one attached hydrogen (secondary N) is 2. The molecule has 5 nitrogen and oxygen atoms in total. The number of carbonyl (C=O) groups excluding carboxylic acids is 1. The molecule has 0 bridgehead atoms. The van der Waals surface area contributed by atoms with E-state index in [2.05, 4.69) is 58.2 Å². The predicted molar refractivity (Wildman–Crippen MR) is 118 cm³/mol. The molecule has 3 atom stereocenters. The summed E-state index contributed by atoms with van der Waals surface area (Å²) in [5.41, 5.74) is 3.36. The molecular weight excluding hydrogens is 360 g/mol. The van der Waals surface area contributed by atoms with Crippen LogP contribution in [0.1, 0.15) is 35.8 Å². The average molecular weight is 393 g/mol. The molecule has 1 aromatic carbocycles. The third kappa shape index (κ3) is 4.16. The predicted octanol–water partition coefficient (Wildman–Crippen LogP) is 2.71. The van der Waals surface area contributed by atoms with Crippen LogP contribution in [0.3, 0.4) is 0 Å². The van der Waals surface area contributed by atoms with E-state index >= 15 is 0 Å². The first kappa shape index (κ1) is 19.9. The van der Waals surface area contributed by atoms with Gasteiger partial charge in [0.15, 0.2) is 0 Å². The smallest absolute Gasteiger partial charge is 0.253 e. The first-order valence-corrected chi connectivity index (χ1v) is 10.9. The number of piperazine rings is 1. The molecule has 1 fully saturated rings. The minimum absolute atomic E-state index is 0.112. The number of carbonyl (C=O) groups is 1. The Bertz CT molecular complexity index is 801. The first-order chi connectivity index (χ1) is 14.2. The summed E-state index contributed by atoms with van der Waals surface area (Å²) in [4.78, 5) is 17.1. The molecule has 0 radical (unpaired) electrons. The lowest BCUT2D eigenvalue weighted by Crippen LogP contribution is -2.46. The summed E-state index contributed by atoms with van der Waals surface area (Å²) in [6.07, 6.45) is 11.3. The van der Waals surface area contributed by atoms with Gasteiger partial charge in [-0.15, -0.1) is 0 Å². The highest BCUT2D eigenvalue weighted by molar-refractivity contribution is 5.94. The number of hydrogen-bond donors (Lipinski definition) is 2. The normalized spacial score (nSPS) is 24.6. The van der Waals surface area contributed by atoms with Crippen molar-refractivity contribution >= 4 is 5.91 Å². The number of fused-ring (bicyclic) bond motifs is 1. The Morgan fingerprint density at radius 1 is 1.14 bits per heavy atom. The molecule has 1 aliphatic carbocycles. The van der Waals surface area contributed by atoms with Crippen molar-refractivity contribution in [2.75, 3.05) is 39.3 Å². The van der Waals surface area contributed by atoms with Crippen molar-refractivity contribution in [3.05, 3.63) is 71.5 Å². The lowest BCUT2D eigenvalue weighted by molar-refractivity contribution is 0.0773. The molecule has 0 saturated carbocycles. The Morgan fingerprint density at radius 3 is 2.55 bits per heavy atom. The highest BCUT2D eigenvalue weighted by atomic mass is 16.2. The van der Waals surface area contributed by atoms with Crippen LogP contribution < -0.4 is 10.6 Å². The van der Waals surface area contributed by atoms with Crippen molar-refractivity contribution in [2.24, 2.45) is 5.92 Å². The molecular formula is C24H32N4O. The van der Waals surface area contributed by atoms with Crippen LogP contribution in [-0.4, -0.2) is 61.0 Å². The van der Waals surface area contributed by atoms with Crippen molar-refractivity contribution in [1.29, 1.82) is 0 Å². The van der Waals surface area contributed by atoms with E-state index in [0.717, 1.165) is 44.8 Å². The van der Waals surface area contributed by atoms with Gasteiger partial charge in [0, 0.05) is 50.7 Å². The molecule has 5 heteroatoms. The van der Waals surface area contributed by atoms with Crippen LogP contribution in [0.4, 0.5) is 0 Å². The molecule has 0 aromatic heterocycles. The van der Waals surface area contributed by atoms with Gasteiger partial charge in [-0.3, -0.25) is 9.69 Å². The zero-order valence-electron chi connectivity index (χ0n) is 17.5. The number of rotatable bonds is 6. The summed E-state index contributed by atoms with van der Waals surface area (Å²) in [7, 11) is 0. The fourth-order valence-corrected chi connectivity index (χ4v) is 4.57. The van der Waals surface area contributed by atoms with Gasteiger partial charge in [-0.1, -0.05) is 36.4 Å². The summed E-state index contributed by atoms with van der Waals surface area (Å²) in [6, 6.07) is 8.85. The maximum absolute atomic E-state index is 12.7. The van der Waals surface area contributed by atoms with E-state index in [9.17, 15) is 4.79 Å². The maximum Gasteiger partial charge on any atom is 0.253 e. The summed E-state index contributed by atoms with van der Waals surface area (Å²) >= 11 is 0. The molecule has 29 heavy (non-hydrogen) atoms. The van der Waals surface area contributed by atoms with Gasteiger partial charge in [-0.2, -0.15) is 0 Å². The van der Waals surface area contributed by atoms with E-state index in [4.69, 9.17) is 0 Å². The van der Waals surface area contributed by atoms with Crippen molar-refractivity contribution in [2.45, 2.75) is 25.9 Å². The first-order valence-electron chi connectivity index (χ1n) is 10.9. The topological polar surface area (TPSA) is 47.6 Å². The fourth-order valence-electron chi connectivity index (χ4n) is 4.57. The average Bonchev–Trinajstić information content (AvgIpc) is 3.24. The van der Waals surface area contributed by atoms with Crippen LogP contribution in [0, 0.1) is 5.92 Å². The van der Waals surface area contributed by atoms with Crippen molar-refractivity contribution in [1.82, 2.24) is 20.4 Å². The number of amides is 1. The van der Waals surface area contributed by atoms with Gasteiger partial charge in [0.05, 0.1) is 12.1 Å². The van der Waals surface area contributed by atoms with Gasteiger partial charge >= 0.3 is 0 Å². The summed E-state index contributed by atoms with van der Waals surface area (Å²) in [5.74, 6) is 0.567. The maximum atomic E-state index is 12.7. The molecule has 2 N–H and O–H groups in total. The highest BCUT2D eigenvalue weighted by Crippen LogP contribution is 2.34. The van der Waals surface area contributed by atoms with E-state index in [1.165, 1.54) is 11.1 Å². The molecule has 2 aliphatic heterocycles. The largest absolute Gasteiger partial charge is 0.384 e. The molecule has 1 aromatic rings. The molecule has 3 aliphatic rings. The van der Waals surface area contributed by atoms with Crippen molar-refractivity contribution < 1.29 is 4.79 Å². The third-order valence-electron chi connectivity index (χ3n) is 6.26. The summed E-state index contributed by atoms with van der Waals surface area (Å²) in [6.45, 7) is 9.60. The van der Waals surface area contributed by atoms with Gasteiger partial charge in [0.1, 0.15) is 0 Å². The van der Waals surface area contributed by atoms with Crippen molar-refractivity contribution in [3.63, 3.8) is 0 Å². The van der Waals surface area contributed by atoms with Crippen LogP contribution in [0.2, 0.25) is 0 Å². The Kier molecular flexibility index (Phi) is 6.16. The van der Waals surface area contributed by atoms with Crippen LogP contribution >= 0.6 is 0 Å². The lowest BCUT2D eigenvalue weighted by Gasteiger charge is -2.37. The van der Waals surface area contributed by atoms with Gasteiger partial charge in [-0.05, 0) is 43.3 Å². The Labute approximate surface area is 174 Å². The Hall–Kier alpha value is -2.37. The third-order valence-corrected chi connectivity index (χ3v) is 6.26. The summed E-state index contributed by atoms with van der Waals surface area (Å²) < 4.78 is 0. The second-order valence-corrected chi connectivity index (χ2v) is 7.94. The van der Waals surface area contributed by atoms with Crippen LogP contribution in [-0.2, 0) is 0 Å². The minimum Gasteiger partial charge on any atom is -0.384 e. The molecule has 1 saturated heterocycles. The van der Waals surface area contributed by atoms with Gasteiger partial charge in [0.2, 0.25) is 0 Å². The standard InChI is InChI=1S/C24H32N4O/c1-3-27(4-2)24(29)20-8-6-19(7-9-20)23(28-15-13-25-14-16-28)21-10-5-18-11-12-26-22(18)17-21/h5-12,17-18,22-23,25-26H,3-4,13-16H2,1-2H3. The van der Waals surface area contributed by atoms with Gasteiger partial charge in [-0.25, -0.2) is 0 Å². The zero-order valence-corrected chi connectivity index (χ0v) is 17.5. The number of hydrogen-bond acceptors (Lipinski definition) is 4. The minimum atomic E-state index is 0.112. The zero-order chi connectivity index (χ0) is 20.2. The van der Waals surface area contributed by atoms with E-state index < -0.39 is 0 Å². The van der Waals surface area contributed by atoms with E-state index in [-0.39, 0.29) is 11.9 Å². The fraction of sp³-hybridized carbons (Fsp3) is 0.458. The molecule has 2 heterocycles. The van der Waals surface area contributed by atoms with E-state index in [1.807, 2.05) is 30.9 Å². The second-order valence-electron chi connectivity index (χ2n) is 7.94. The molecule has 3 unspecified atom stereocenters. The highest BCUT2D eigenvalue weighted by Gasteiger charge is 2.29. The molecule has 0 spiro atoms. The molecule has 4 rings (SSSR count). The Morgan fingerprint density at radius 2 is 1.86 bits per heavy atom. The second kappa shape index (κ2) is 8.97. The SMILES string of the molecule is CCN(CC)C(=O)c1ccc(C(C2=CC3NC=CC3C=C2)N2CCNCC2)cc1. The van der Waals surface area contributed by atoms with Crippen molar-refractivity contribution in [3.8, 4) is 0 Å². The number of benzene rings is 1. The molecule has 154 valence electrons. The van der Waals surface area contributed by atoms with Gasteiger partial charge in [0.25, 0.3) is 5.91 Å².